The molecule has 0 unspecified atom stereocenters. The molecular formula is C25H33N3O. The molecule has 1 amide bonds. The molecule has 0 spiro atoms. The predicted octanol–water partition coefficient (Wildman–Crippen LogP) is 4.84. The van der Waals surface area contributed by atoms with Crippen LogP contribution in [0.1, 0.15) is 43.2 Å². The lowest BCUT2D eigenvalue weighted by Crippen LogP contribution is -2.37. The minimum Gasteiger partial charge on any atom is -0.372 e. The van der Waals surface area contributed by atoms with Crippen molar-refractivity contribution in [1.82, 2.24) is 4.90 Å². The third-order valence-corrected chi connectivity index (χ3v) is 6.30. The average Bonchev–Trinajstić information content (AvgIpc) is 2.75. The number of nitrogens with zero attached hydrogens (tertiary/aromatic N) is 2. The molecule has 0 radical (unpaired) electrons. The summed E-state index contributed by atoms with van der Waals surface area (Å²) in [7, 11) is 0. The number of anilines is 2. The smallest absolute Gasteiger partial charge is 0.227 e. The molecule has 2 aromatic rings. The highest BCUT2D eigenvalue weighted by atomic mass is 16.1. The van der Waals surface area contributed by atoms with Crippen LogP contribution >= 0.6 is 0 Å². The summed E-state index contributed by atoms with van der Waals surface area (Å²) in [6.07, 6.45) is 5.77. The molecule has 2 aromatic carbocycles. The van der Waals surface area contributed by atoms with E-state index in [1.165, 1.54) is 36.1 Å². The van der Waals surface area contributed by atoms with Gasteiger partial charge in [0, 0.05) is 36.9 Å². The summed E-state index contributed by atoms with van der Waals surface area (Å²) in [6, 6.07) is 17.1. The predicted molar refractivity (Wildman–Crippen MR) is 120 cm³/mol. The van der Waals surface area contributed by atoms with E-state index in [1.54, 1.807) is 0 Å². The Morgan fingerprint density at radius 1 is 0.966 bits per heavy atom. The van der Waals surface area contributed by atoms with E-state index in [9.17, 15) is 4.79 Å². The van der Waals surface area contributed by atoms with Crippen molar-refractivity contribution >= 4 is 17.3 Å². The maximum Gasteiger partial charge on any atom is 0.227 e. The quantitative estimate of drug-likeness (QED) is 0.792. The van der Waals surface area contributed by atoms with Gasteiger partial charge in [-0.15, -0.1) is 0 Å². The van der Waals surface area contributed by atoms with E-state index in [4.69, 9.17) is 0 Å². The Balaban J connectivity index is 1.25. The maximum atomic E-state index is 12.7. The summed E-state index contributed by atoms with van der Waals surface area (Å²) >= 11 is 0. The molecule has 4 nitrogen and oxygen atoms in total. The van der Waals surface area contributed by atoms with Crippen molar-refractivity contribution in [3.63, 3.8) is 0 Å². The summed E-state index contributed by atoms with van der Waals surface area (Å²) in [5.41, 5.74) is 4.86. The van der Waals surface area contributed by atoms with Crippen LogP contribution in [0.2, 0.25) is 0 Å². The number of carbonyl (C=O) groups is 1. The highest BCUT2D eigenvalue weighted by Gasteiger charge is 2.25. The summed E-state index contributed by atoms with van der Waals surface area (Å²) < 4.78 is 0. The number of benzene rings is 2. The molecule has 0 saturated carbocycles. The first-order chi connectivity index (χ1) is 14.2. The number of nitrogens with one attached hydrogen (secondary N) is 1. The first-order valence-corrected chi connectivity index (χ1v) is 11.1. The van der Waals surface area contributed by atoms with Crippen LogP contribution in [0.3, 0.4) is 0 Å². The lowest BCUT2D eigenvalue weighted by molar-refractivity contribution is -0.121. The summed E-state index contributed by atoms with van der Waals surface area (Å²) in [5.74, 6) is 0.288. The summed E-state index contributed by atoms with van der Waals surface area (Å²) in [4.78, 5) is 17.6. The fraction of sp³-hybridized carbons (Fsp3) is 0.480. The van der Waals surface area contributed by atoms with Gasteiger partial charge in [0.25, 0.3) is 0 Å². The van der Waals surface area contributed by atoms with Gasteiger partial charge in [-0.1, -0.05) is 29.8 Å². The Morgan fingerprint density at radius 2 is 1.69 bits per heavy atom. The molecule has 4 rings (SSSR count). The molecule has 2 saturated heterocycles. The number of amides is 1. The average molecular weight is 392 g/mol. The molecule has 2 heterocycles. The molecule has 154 valence electrons. The van der Waals surface area contributed by atoms with Gasteiger partial charge in [0.2, 0.25) is 5.91 Å². The number of rotatable bonds is 5. The Bertz CT molecular complexity index is 803. The van der Waals surface area contributed by atoms with E-state index in [-0.39, 0.29) is 11.8 Å². The van der Waals surface area contributed by atoms with Crippen LogP contribution in [0.25, 0.3) is 0 Å². The number of aryl methyl sites for hydroxylation is 1. The van der Waals surface area contributed by atoms with Crippen LogP contribution in [0.4, 0.5) is 11.4 Å². The highest BCUT2D eigenvalue weighted by Crippen LogP contribution is 2.24. The number of likely N-dealkylation sites (tertiary alicyclic amines) is 1. The zero-order chi connectivity index (χ0) is 20.1. The summed E-state index contributed by atoms with van der Waals surface area (Å²) in [6.45, 7) is 7.38. The molecule has 0 atom stereocenters. The van der Waals surface area contributed by atoms with Gasteiger partial charge in [-0.05, 0) is 81.9 Å². The van der Waals surface area contributed by atoms with Crippen molar-refractivity contribution in [2.24, 2.45) is 5.92 Å². The van der Waals surface area contributed by atoms with Crippen LogP contribution in [0.5, 0.6) is 0 Å². The maximum absolute atomic E-state index is 12.7. The normalized spacial score (nSPS) is 18.6. The van der Waals surface area contributed by atoms with Gasteiger partial charge in [-0.25, -0.2) is 0 Å². The number of hydrogen-bond donors (Lipinski definition) is 1. The minimum absolute atomic E-state index is 0.116. The highest BCUT2D eigenvalue weighted by molar-refractivity contribution is 5.92. The largest absolute Gasteiger partial charge is 0.372 e. The standard InChI is InChI=1S/C25H33N3O/c1-20-6-5-7-21(18-20)19-27-16-12-22(13-17-27)25(29)26-23-8-10-24(11-9-23)28-14-3-2-4-15-28/h5-11,18,22H,2-4,12-17,19H2,1H3,(H,26,29). The van der Waals surface area contributed by atoms with E-state index in [0.29, 0.717) is 0 Å². The second-order valence-electron chi connectivity index (χ2n) is 8.62. The monoisotopic (exact) mass is 391 g/mol. The molecule has 2 aliphatic rings. The third-order valence-electron chi connectivity index (χ3n) is 6.30. The molecule has 4 heteroatoms. The second kappa shape index (κ2) is 9.45. The Morgan fingerprint density at radius 3 is 2.38 bits per heavy atom. The van der Waals surface area contributed by atoms with Gasteiger partial charge >= 0.3 is 0 Å². The van der Waals surface area contributed by atoms with Crippen molar-refractivity contribution in [1.29, 1.82) is 0 Å². The van der Waals surface area contributed by atoms with Gasteiger partial charge in [0.05, 0.1) is 0 Å². The van der Waals surface area contributed by atoms with Gasteiger partial charge in [0.15, 0.2) is 0 Å². The molecule has 1 N–H and O–H groups in total. The van der Waals surface area contributed by atoms with Crippen molar-refractivity contribution in [2.75, 3.05) is 36.4 Å². The fourth-order valence-electron chi connectivity index (χ4n) is 4.57. The first kappa shape index (κ1) is 20.0. The zero-order valence-corrected chi connectivity index (χ0v) is 17.6. The third kappa shape index (κ3) is 5.39. The van der Waals surface area contributed by atoms with Crippen molar-refractivity contribution in [3.8, 4) is 0 Å². The first-order valence-electron chi connectivity index (χ1n) is 11.1. The number of hydrogen-bond acceptors (Lipinski definition) is 3. The SMILES string of the molecule is Cc1cccc(CN2CCC(C(=O)Nc3ccc(N4CCCCC4)cc3)CC2)c1. The Hall–Kier alpha value is -2.33. The molecule has 0 bridgehead atoms. The van der Waals surface area contributed by atoms with E-state index in [0.717, 1.165) is 51.3 Å². The topological polar surface area (TPSA) is 35.6 Å². The number of carbonyl (C=O) groups excluding carboxylic acids is 1. The lowest BCUT2D eigenvalue weighted by atomic mass is 9.95. The van der Waals surface area contributed by atoms with Gasteiger partial charge in [-0.2, -0.15) is 0 Å². The molecule has 2 fully saturated rings. The molecule has 0 aliphatic carbocycles. The second-order valence-corrected chi connectivity index (χ2v) is 8.62. The fourth-order valence-corrected chi connectivity index (χ4v) is 4.57. The van der Waals surface area contributed by atoms with Gasteiger partial charge in [-0.3, -0.25) is 9.69 Å². The van der Waals surface area contributed by atoms with E-state index in [2.05, 4.69) is 70.6 Å². The van der Waals surface area contributed by atoms with Gasteiger partial charge in [0.1, 0.15) is 0 Å². The van der Waals surface area contributed by atoms with Crippen LogP contribution in [0, 0.1) is 12.8 Å². The molecule has 2 aliphatic heterocycles. The molecular weight excluding hydrogens is 358 g/mol. The minimum atomic E-state index is 0.116. The van der Waals surface area contributed by atoms with E-state index in [1.807, 2.05) is 0 Å². The molecule has 29 heavy (non-hydrogen) atoms. The van der Waals surface area contributed by atoms with Gasteiger partial charge < -0.3 is 10.2 Å². The van der Waals surface area contributed by atoms with E-state index >= 15 is 0 Å². The Kier molecular flexibility index (Phi) is 6.50. The van der Waals surface area contributed by atoms with Crippen molar-refractivity contribution < 1.29 is 4.79 Å². The van der Waals surface area contributed by atoms with Crippen LogP contribution < -0.4 is 10.2 Å². The Labute approximate surface area is 174 Å². The number of piperidine rings is 2. The summed E-state index contributed by atoms with van der Waals surface area (Å²) in [5, 5.41) is 3.14. The van der Waals surface area contributed by atoms with Crippen LogP contribution in [-0.2, 0) is 11.3 Å². The molecule has 0 aromatic heterocycles. The van der Waals surface area contributed by atoms with Crippen molar-refractivity contribution in [2.45, 2.75) is 45.6 Å². The van der Waals surface area contributed by atoms with Crippen molar-refractivity contribution in [3.05, 3.63) is 59.7 Å². The zero-order valence-electron chi connectivity index (χ0n) is 17.6. The van der Waals surface area contributed by atoms with E-state index < -0.39 is 0 Å². The van der Waals surface area contributed by atoms with Crippen LogP contribution in [0.15, 0.2) is 48.5 Å². The van der Waals surface area contributed by atoms with Crippen LogP contribution in [-0.4, -0.2) is 37.0 Å². The lowest BCUT2D eigenvalue weighted by Gasteiger charge is -2.31.